The van der Waals surface area contributed by atoms with E-state index in [1.165, 1.54) is 4.90 Å². The molecule has 4 heteroatoms. The molecule has 1 heterocycles. The largest absolute Gasteiger partial charge is 0.441 e. The number of rotatable bonds is 2. The van der Waals surface area contributed by atoms with Gasteiger partial charge in [0.1, 0.15) is 5.60 Å². The van der Waals surface area contributed by atoms with Gasteiger partial charge in [-0.1, -0.05) is 20.8 Å². The molecular weight excluding hydrogens is 194 g/mol. The first kappa shape index (κ1) is 12.0. The SMILES string of the molecule is CCC(=O)N1C(=O)OC(C)(C)[C@@H]1C(C)C. The summed E-state index contributed by atoms with van der Waals surface area (Å²) >= 11 is 0. The number of nitrogens with zero attached hydrogens (tertiary/aromatic N) is 1. The molecule has 86 valence electrons. The quantitative estimate of drug-likeness (QED) is 0.706. The van der Waals surface area contributed by atoms with Crippen molar-refractivity contribution in [3.63, 3.8) is 0 Å². The summed E-state index contributed by atoms with van der Waals surface area (Å²) in [7, 11) is 0. The number of hydrogen-bond acceptors (Lipinski definition) is 3. The number of amides is 2. The normalized spacial score (nSPS) is 24.5. The fourth-order valence-electron chi connectivity index (χ4n) is 2.29. The van der Waals surface area contributed by atoms with Gasteiger partial charge in [-0.05, 0) is 19.8 Å². The minimum atomic E-state index is -0.587. The lowest BCUT2D eigenvalue weighted by atomic mass is 9.89. The van der Waals surface area contributed by atoms with Crippen molar-refractivity contribution in [2.45, 2.75) is 52.7 Å². The first-order chi connectivity index (χ1) is 6.81. The summed E-state index contributed by atoms with van der Waals surface area (Å²) in [6.07, 6.45) is -0.181. The van der Waals surface area contributed by atoms with Gasteiger partial charge in [-0.2, -0.15) is 0 Å². The molecule has 2 amide bonds. The summed E-state index contributed by atoms with van der Waals surface area (Å²) in [5.74, 6) is 0.0335. The van der Waals surface area contributed by atoms with Gasteiger partial charge in [0, 0.05) is 6.42 Å². The summed E-state index contributed by atoms with van der Waals surface area (Å²) in [5.41, 5.74) is -0.587. The zero-order valence-corrected chi connectivity index (χ0v) is 10.0. The molecule has 0 spiro atoms. The molecule has 0 aliphatic carbocycles. The van der Waals surface area contributed by atoms with Crippen LogP contribution in [0.4, 0.5) is 4.79 Å². The molecule has 0 aromatic heterocycles. The predicted octanol–water partition coefficient (Wildman–Crippen LogP) is 2.18. The van der Waals surface area contributed by atoms with Crippen LogP contribution in [0.5, 0.6) is 0 Å². The van der Waals surface area contributed by atoms with E-state index in [4.69, 9.17) is 4.74 Å². The lowest BCUT2D eigenvalue weighted by molar-refractivity contribution is -0.130. The van der Waals surface area contributed by atoms with Crippen molar-refractivity contribution in [3.05, 3.63) is 0 Å². The van der Waals surface area contributed by atoms with E-state index in [1.807, 2.05) is 27.7 Å². The predicted molar refractivity (Wildman–Crippen MR) is 56.3 cm³/mol. The molecule has 0 saturated carbocycles. The summed E-state index contributed by atoms with van der Waals surface area (Å²) in [4.78, 5) is 24.5. The van der Waals surface area contributed by atoms with E-state index in [-0.39, 0.29) is 17.9 Å². The van der Waals surface area contributed by atoms with Gasteiger partial charge >= 0.3 is 6.09 Å². The molecule has 1 aliphatic heterocycles. The molecule has 1 saturated heterocycles. The second-order valence-corrected chi connectivity index (χ2v) is 4.78. The van der Waals surface area contributed by atoms with Gasteiger partial charge in [-0.3, -0.25) is 4.79 Å². The van der Waals surface area contributed by atoms with E-state index in [9.17, 15) is 9.59 Å². The van der Waals surface area contributed by atoms with E-state index >= 15 is 0 Å². The second kappa shape index (κ2) is 3.83. The molecule has 4 nitrogen and oxygen atoms in total. The maximum Gasteiger partial charge on any atom is 0.417 e. The average molecular weight is 213 g/mol. The van der Waals surface area contributed by atoms with E-state index < -0.39 is 11.7 Å². The van der Waals surface area contributed by atoms with E-state index in [0.717, 1.165) is 0 Å². The minimum Gasteiger partial charge on any atom is -0.441 e. The van der Waals surface area contributed by atoms with E-state index in [0.29, 0.717) is 6.42 Å². The summed E-state index contributed by atoms with van der Waals surface area (Å²) in [6, 6.07) is -0.169. The molecule has 1 fully saturated rings. The topological polar surface area (TPSA) is 46.6 Å². The molecule has 15 heavy (non-hydrogen) atoms. The highest BCUT2D eigenvalue weighted by atomic mass is 16.6. The fraction of sp³-hybridized carbons (Fsp3) is 0.818. The Morgan fingerprint density at radius 1 is 1.53 bits per heavy atom. The smallest absolute Gasteiger partial charge is 0.417 e. The van der Waals surface area contributed by atoms with Crippen LogP contribution in [0.3, 0.4) is 0 Å². The Kier molecular flexibility index (Phi) is 3.07. The van der Waals surface area contributed by atoms with Crippen molar-refractivity contribution in [1.82, 2.24) is 4.90 Å². The molecule has 0 unspecified atom stereocenters. The molecule has 0 aromatic carbocycles. The van der Waals surface area contributed by atoms with Gasteiger partial charge in [0.15, 0.2) is 0 Å². The Morgan fingerprint density at radius 2 is 2.07 bits per heavy atom. The van der Waals surface area contributed by atoms with Crippen LogP contribution in [0.15, 0.2) is 0 Å². The first-order valence-corrected chi connectivity index (χ1v) is 5.36. The van der Waals surface area contributed by atoms with Crippen LogP contribution in [0.25, 0.3) is 0 Å². The van der Waals surface area contributed by atoms with Crippen molar-refractivity contribution in [2.75, 3.05) is 0 Å². The first-order valence-electron chi connectivity index (χ1n) is 5.36. The average Bonchev–Trinajstić information content (AvgIpc) is 2.33. The summed E-state index contributed by atoms with van der Waals surface area (Å²) in [5, 5.41) is 0. The number of carbonyl (C=O) groups excluding carboxylic acids is 2. The molecule has 1 atom stereocenters. The highest BCUT2D eigenvalue weighted by molar-refractivity contribution is 5.94. The lowest BCUT2D eigenvalue weighted by Crippen LogP contribution is -2.47. The van der Waals surface area contributed by atoms with Crippen LogP contribution in [0.1, 0.15) is 41.0 Å². The van der Waals surface area contributed by atoms with E-state index in [1.54, 1.807) is 6.92 Å². The van der Waals surface area contributed by atoms with Crippen LogP contribution in [-0.4, -0.2) is 28.5 Å². The number of cyclic esters (lactones) is 1. The van der Waals surface area contributed by atoms with Crippen LogP contribution < -0.4 is 0 Å². The van der Waals surface area contributed by atoms with Crippen molar-refractivity contribution in [1.29, 1.82) is 0 Å². The van der Waals surface area contributed by atoms with Crippen LogP contribution in [-0.2, 0) is 9.53 Å². The lowest BCUT2D eigenvalue weighted by Gasteiger charge is -2.30. The summed E-state index contributed by atoms with van der Waals surface area (Å²) in [6.45, 7) is 9.42. The monoisotopic (exact) mass is 213 g/mol. The molecule has 0 aromatic rings. The van der Waals surface area contributed by atoms with E-state index in [2.05, 4.69) is 0 Å². The Balaban J connectivity index is 3.03. The Morgan fingerprint density at radius 3 is 2.47 bits per heavy atom. The Hall–Kier alpha value is -1.06. The van der Waals surface area contributed by atoms with Crippen molar-refractivity contribution >= 4 is 12.0 Å². The fourth-order valence-corrected chi connectivity index (χ4v) is 2.29. The highest BCUT2D eigenvalue weighted by Gasteiger charge is 2.51. The Bertz CT molecular complexity index is 284. The minimum absolute atomic E-state index is 0.163. The van der Waals surface area contributed by atoms with Crippen molar-refractivity contribution < 1.29 is 14.3 Å². The standard InChI is InChI=1S/C11H19NO3/c1-6-8(13)12-9(7(2)3)11(4,5)15-10(12)14/h7,9H,6H2,1-5H3/t9-/m0/s1. The third-order valence-corrected chi connectivity index (χ3v) is 2.74. The van der Waals surface area contributed by atoms with Crippen molar-refractivity contribution in [3.8, 4) is 0 Å². The van der Waals surface area contributed by atoms with Gasteiger partial charge in [0.25, 0.3) is 0 Å². The maximum absolute atomic E-state index is 11.7. The molecule has 0 bridgehead atoms. The van der Waals surface area contributed by atoms with Gasteiger partial charge in [-0.25, -0.2) is 9.69 Å². The number of ether oxygens (including phenoxy) is 1. The van der Waals surface area contributed by atoms with Gasteiger partial charge in [0.05, 0.1) is 6.04 Å². The maximum atomic E-state index is 11.7. The zero-order valence-electron chi connectivity index (χ0n) is 10.0. The number of imide groups is 1. The Labute approximate surface area is 90.6 Å². The highest BCUT2D eigenvalue weighted by Crippen LogP contribution is 2.34. The van der Waals surface area contributed by atoms with Gasteiger partial charge in [0.2, 0.25) is 5.91 Å². The molecular formula is C11H19NO3. The molecule has 1 aliphatic rings. The number of hydrogen-bond donors (Lipinski definition) is 0. The zero-order chi connectivity index (χ0) is 11.8. The molecule has 1 rings (SSSR count). The molecule has 0 radical (unpaired) electrons. The van der Waals surface area contributed by atoms with Gasteiger partial charge in [-0.15, -0.1) is 0 Å². The van der Waals surface area contributed by atoms with Crippen LogP contribution in [0, 0.1) is 5.92 Å². The molecule has 0 N–H and O–H groups in total. The van der Waals surface area contributed by atoms with Crippen molar-refractivity contribution in [2.24, 2.45) is 5.92 Å². The van der Waals surface area contributed by atoms with Gasteiger partial charge < -0.3 is 4.74 Å². The second-order valence-electron chi connectivity index (χ2n) is 4.78. The third kappa shape index (κ3) is 1.98. The third-order valence-electron chi connectivity index (χ3n) is 2.74. The summed E-state index contributed by atoms with van der Waals surface area (Å²) < 4.78 is 5.22. The van der Waals surface area contributed by atoms with Crippen LogP contribution in [0.2, 0.25) is 0 Å². The number of carbonyl (C=O) groups is 2. The van der Waals surface area contributed by atoms with Crippen LogP contribution >= 0.6 is 0 Å².